The highest BCUT2D eigenvalue weighted by Crippen LogP contribution is 2.52. The van der Waals surface area contributed by atoms with Crippen LogP contribution in [0.25, 0.3) is 11.3 Å². The van der Waals surface area contributed by atoms with Crippen molar-refractivity contribution >= 4 is 10.0 Å². The Kier molecular flexibility index (Phi) is 3.11. The van der Waals surface area contributed by atoms with Gasteiger partial charge < -0.3 is 0 Å². The quantitative estimate of drug-likeness (QED) is 0.934. The van der Waals surface area contributed by atoms with Crippen molar-refractivity contribution in [2.24, 2.45) is 0 Å². The van der Waals surface area contributed by atoms with Gasteiger partial charge in [0.05, 0.1) is 11.4 Å². The van der Waals surface area contributed by atoms with Crippen LogP contribution in [0.4, 0.5) is 8.78 Å². The first-order valence-electron chi connectivity index (χ1n) is 7.37. The molecule has 0 amide bonds. The molecular formula is C15H15F2N3O2S. The Labute approximate surface area is 132 Å². The molecule has 2 unspecified atom stereocenters. The van der Waals surface area contributed by atoms with E-state index in [0.29, 0.717) is 12.1 Å². The fraction of sp³-hybridized carbons (Fsp3) is 0.400. The Morgan fingerprint density at radius 3 is 2.48 bits per heavy atom. The topological polar surface area (TPSA) is 64.0 Å². The molecule has 1 saturated heterocycles. The molecule has 1 saturated carbocycles. The molecule has 8 heteroatoms. The lowest BCUT2D eigenvalue weighted by molar-refractivity contribution is 0.0984. The van der Waals surface area contributed by atoms with Crippen LogP contribution in [0.5, 0.6) is 0 Å². The summed E-state index contributed by atoms with van der Waals surface area (Å²) in [5, 5.41) is 4.21. The molecule has 1 aliphatic heterocycles. The maximum absolute atomic E-state index is 13.1. The highest BCUT2D eigenvalue weighted by molar-refractivity contribution is 7.89. The molecule has 2 aliphatic rings. The second-order valence-corrected chi connectivity index (χ2v) is 7.94. The minimum atomic E-state index is -3.15. The van der Waals surface area contributed by atoms with E-state index in [-0.39, 0.29) is 18.2 Å². The number of nitrogens with one attached hydrogen (secondary N) is 1. The van der Waals surface area contributed by atoms with Gasteiger partial charge in [0.1, 0.15) is 6.04 Å². The van der Waals surface area contributed by atoms with Crippen molar-refractivity contribution in [1.82, 2.24) is 14.5 Å². The normalized spacial score (nSPS) is 27.9. The highest BCUT2D eigenvalue weighted by atomic mass is 32.2. The van der Waals surface area contributed by atoms with Gasteiger partial charge in [-0.1, -0.05) is 24.3 Å². The average Bonchev–Trinajstić information content (AvgIpc) is 2.89. The van der Waals surface area contributed by atoms with Gasteiger partial charge in [0, 0.05) is 24.2 Å². The lowest BCUT2D eigenvalue weighted by Gasteiger charge is -2.09. The summed E-state index contributed by atoms with van der Waals surface area (Å²) < 4.78 is 52.9. The lowest BCUT2D eigenvalue weighted by atomic mass is 10.0. The van der Waals surface area contributed by atoms with Crippen LogP contribution in [-0.2, 0) is 10.0 Å². The van der Waals surface area contributed by atoms with Crippen LogP contribution < -0.4 is 4.72 Å². The zero-order valence-corrected chi connectivity index (χ0v) is 12.9. The van der Waals surface area contributed by atoms with Gasteiger partial charge in [0.15, 0.2) is 0 Å². The molecule has 4 rings (SSSR count). The molecule has 1 aromatic carbocycles. The Morgan fingerprint density at radius 1 is 1.22 bits per heavy atom. The third-order valence-electron chi connectivity index (χ3n) is 4.33. The molecule has 2 atom stereocenters. The van der Waals surface area contributed by atoms with E-state index in [1.54, 1.807) is 12.3 Å². The fourth-order valence-corrected chi connectivity index (χ4v) is 4.23. The molecule has 2 heterocycles. The van der Waals surface area contributed by atoms with Crippen molar-refractivity contribution in [1.29, 1.82) is 0 Å². The largest absolute Gasteiger partial charge is 0.272 e. The molecule has 0 spiro atoms. The number of sulfonamides is 1. The first-order valence-corrected chi connectivity index (χ1v) is 9.03. The van der Waals surface area contributed by atoms with Crippen molar-refractivity contribution in [2.45, 2.75) is 30.8 Å². The number of hydrogen-bond acceptors (Lipinski definition) is 3. The Morgan fingerprint density at radius 2 is 1.91 bits per heavy atom. The zero-order chi connectivity index (χ0) is 16.2. The standard InChI is InChI=1S/C15H15F2N3O2S/c16-15(17)9-14(15)20-7-5-12(18-20)10-1-3-11(4-2-10)13-6-8-23(21,22)19-13/h1-5,7,13-14,19H,6,8-9H2. The molecule has 2 aromatic rings. The van der Waals surface area contributed by atoms with Crippen molar-refractivity contribution in [2.75, 3.05) is 5.75 Å². The molecule has 5 nitrogen and oxygen atoms in total. The summed E-state index contributed by atoms with van der Waals surface area (Å²) in [4.78, 5) is 0. The third-order valence-corrected chi connectivity index (χ3v) is 5.74. The maximum Gasteiger partial charge on any atom is 0.272 e. The first kappa shape index (κ1) is 14.8. The van der Waals surface area contributed by atoms with Crippen molar-refractivity contribution in [3.63, 3.8) is 0 Å². The number of nitrogens with zero attached hydrogens (tertiary/aromatic N) is 2. The van der Waals surface area contributed by atoms with Crippen LogP contribution in [-0.4, -0.2) is 29.9 Å². The van der Waals surface area contributed by atoms with Crippen LogP contribution in [0.1, 0.15) is 30.5 Å². The maximum atomic E-state index is 13.1. The molecule has 122 valence electrons. The van der Waals surface area contributed by atoms with Crippen LogP contribution in [0, 0.1) is 0 Å². The SMILES string of the molecule is O=S1(=O)CCC(c2ccc(-c3ccn(C4CC4(F)F)n3)cc2)N1. The zero-order valence-electron chi connectivity index (χ0n) is 12.1. The van der Waals surface area contributed by atoms with E-state index < -0.39 is 22.0 Å². The summed E-state index contributed by atoms with van der Waals surface area (Å²) in [7, 11) is -3.15. The summed E-state index contributed by atoms with van der Waals surface area (Å²) in [5.74, 6) is -2.51. The minimum absolute atomic E-state index is 0.138. The highest BCUT2D eigenvalue weighted by Gasteiger charge is 2.59. The van der Waals surface area contributed by atoms with Gasteiger partial charge in [-0.05, 0) is 18.1 Å². The summed E-state index contributed by atoms with van der Waals surface area (Å²) in [6.45, 7) is 0. The molecular weight excluding hydrogens is 324 g/mol. The minimum Gasteiger partial charge on any atom is -0.263 e. The van der Waals surface area contributed by atoms with Crippen LogP contribution >= 0.6 is 0 Å². The molecule has 1 aromatic heterocycles. The number of benzene rings is 1. The van der Waals surface area contributed by atoms with Gasteiger partial charge in [-0.15, -0.1) is 0 Å². The van der Waals surface area contributed by atoms with Gasteiger partial charge in [0.2, 0.25) is 10.0 Å². The number of rotatable bonds is 3. The number of alkyl halides is 2. The predicted molar refractivity (Wildman–Crippen MR) is 80.5 cm³/mol. The van der Waals surface area contributed by atoms with E-state index in [2.05, 4.69) is 9.82 Å². The monoisotopic (exact) mass is 339 g/mol. The van der Waals surface area contributed by atoms with E-state index in [1.165, 1.54) is 4.68 Å². The first-order chi connectivity index (χ1) is 10.8. The summed E-state index contributed by atoms with van der Waals surface area (Å²) in [6, 6.07) is 8.04. The smallest absolute Gasteiger partial charge is 0.263 e. The summed E-state index contributed by atoms with van der Waals surface area (Å²) in [6.07, 6.45) is 1.96. The summed E-state index contributed by atoms with van der Waals surface area (Å²) >= 11 is 0. The van der Waals surface area contributed by atoms with Gasteiger partial charge in [-0.25, -0.2) is 21.9 Å². The van der Waals surface area contributed by atoms with Crippen LogP contribution in [0.15, 0.2) is 36.5 Å². The van der Waals surface area contributed by atoms with Crippen LogP contribution in [0.2, 0.25) is 0 Å². The Hall–Kier alpha value is -1.80. The molecule has 23 heavy (non-hydrogen) atoms. The Bertz CT molecular complexity index is 846. The van der Waals surface area contributed by atoms with Gasteiger partial charge in [0.25, 0.3) is 5.92 Å². The fourth-order valence-electron chi connectivity index (χ4n) is 2.88. The van der Waals surface area contributed by atoms with E-state index in [9.17, 15) is 17.2 Å². The predicted octanol–water partition coefficient (Wildman–Crippen LogP) is 2.49. The van der Waals surface area contributed by atoms with Crippen molar-refractivity contribution in [3.8, 4) is 11.3 Å². The lowest BCUT2D eigenvalue weighted by Crippen LogP contribution is -2.19. The second-order valence-electron chi connectivity index (χ2n) is 6.06. The van der Waals surface area contributed by atoms with E-state index in [1.807, 2.05) is 24.3 Å². The van der Waals surface area contributed by atoms with Crippen molar-refractivity contribution in [3.05, 3.63) is 42.1 Å². The van der Waals surface area contributed by atoms with E-state index in [4.69, 9.17) is 0 Å². The third kappa shape index (κ3) is 2.76. The average molecular weight is 339 g/mol. The van der Waals surface area contributed by atoms with Crippen LogP contribution in [0.3, 0.4) is 0 Å². The summed E-state index contributed by atoms with van der Waals surface area (Å²) in [5.41, 5.74) is 2.34. The van der Waals surface area contributed by atoms with E-state index >= 15 is 0 Å². The van der Waals surface area contributed by atoms with E-state index in [0.717, 1.165) is 11.1 Å². The molecule has 1 N–H and O–H groups in total. The number of halogens is 2. The molecule has 0 radical (unpaired) electrons. The molecule has 0 bridgehead atoms. The van der Waals surface area contributed by atoms with Crippen molar-refractivity contribution < 1.29 is 17.2 Å². The Balaban J connectivity index is 1.53. The van der Waals surface area contributed by atoms with Gasteiger partial charge >= 0.3 is 0 Å². The van der Waals surface area contributed by atoms with Gasteiger partial charge in [-0.2, -0.15) is 5.10 Å². The second kappa shape index (κ2) is 4.85. The number of hydrogen-bond donors (Lipinski definition) is 1. The number of aromatic nitrogens is 2. The molecule has 2 fully saturated rings. The van der Waals surface area contributed by atoms with Gasteiger partial charge in [-0.3, -0.25) is 4.68 Å². The molecule has 1 aliphatic carbocycles.